The third-order valence-corrected chi connectivity index (χ3v) is 8.20. The zero-order chi connectivity index (χ0) is 26.3. The number of thioether (sulfide) groups is 1. The van der Waals surface area contributed by atoms with Gasteiger partial charge in [0.1, 0.15) is 0 Å². The lowest BCUT2D eigenvalue weighted by molar-refractivity contribution is -0.114. The summed E-state index contributed by atoms with van der Waals surface area (Å²) in [5, 5.41) is 3.10. The average Bonchev–Trinajstić information content (AvgIpc) is 3.20. The molecule has 0 radical (unpaired) electrons. The lowest BCUT2D eigenvalue weighted by Crippen LogP contribution is -2.36. The molecule has 3 aromatic rings. The second-order valence-electron chi connectivity index (χ2n) is 10.1. The van der Waals surface area contributed by atoms with Crippen LogP contribution in [0.25, 0.3) is 6.08 Å². The number of hydrogen-bond donors (Lipinski definition) is 1. The van der Waals surface area contributed by atoms with Crippen LogP contribution in [0.15, 0.2) is 82.6 Å². The van der Waals surface area contributed by atoms with E-state index in [1.54, 1.807) is 0 Å². The van der Waals surface area contributed by atoms with Gasteiger partial charge in [0.15, 0.2) is 0 Å². The van der Waals surface area contributed by atoms with E-state index in [1.807, 2.05) is 71.6 Å². The van der Waals surface area contributed by atoms with Crippen molar-refractivity contribution in [1.29, 1.82) is 0 Å². The van der Waals surface area contributed by atoms with E-state index in [0.29, 0.717) is 23.6 Å². The molecular formula is C32H35N3O2S. The van der Waals surface area contributed by atoms with E-state index in [-0.39, 0.29) is 11.8 Å². The molecule has 38 heavy (non-hydrogen) atoms. The van der Waals surface area contributed by atoms with Crippen molar-refractivity contribution >= 4 is 35.3 Å². The first kappa shape index (κ1) is 26.3. The third-order valence-electron chi connectivity index (χ3n) is 7.12. The van der Waals surface area contributed by atoms with Crippen LogP contribution in [0.3, 0.4) is 0 Å². The summed E-state index contributed by atoms with van der Waals surface area (Å²) in [7, 11) is 0. The molecule has 2 aliphatic rings. The van der Waals surface area contributed by atoms with Crippen molar-refractivity contribution in [2.24, 2.45) is 0 Å². The standard InChI is InChI=1S/C32H35N3O2S/c1-24-10-9-13-26(20-24)23-35-28-22-27(31(36)33-16-19-34-17-7-2-3-8-18-34)14-15-29(28)38-30(32(35)37)21-25-11-5-4-6-12-25/h4-6,9-15,20-22H,2-3,7-8,16-19,23H2,1H3,(H,33,36). The fourth-order valence-electron chi connectivity index (χ4n) is 5.09. The van der Waals surface area contributed by atoms with Gasteiger partial charge in [0.05, 0.1) is 17.1 Å². The van der Waals surface area contributed by atoms with Crippen LogP contribution in [0.5, 0.6) is 0 Å². The number of carbonyl (C=O) groups excluding carboxylic acids is 2. The van der Waals surface area contributed by atoms with Gasteiger partial charge in [0, 0.05) is 23.5 Å². The van der Waals surface area contributed by atoms with E-state index in [0.717, 1.165) is 46.9 Å². The minimum Gasteiger partial charge on any atom is -0.351 e. The number of hydrogen-bond acceptors (Lipinski definition) is 4. The summed E-state index contributed by atoms with van der Waals surface area (Å²) in [5.74, 6) is -0.146. The van der Waals surface area contributed by atoms with Crippen LogP contribution in [0.2, 0.25) is 0 Å². The van der Waals surface area contributed by atoms with E-state index >= 15 is 0 Å². The highest BCUT2D eigenvalue weighted by Gasteiger charge is 2.30. The van der Waals surface area contributed by atoms with Gasteiger partial charge < -0.3 is 15.1 Å². The summed E-state index contributed by atoms with van der Waals surface area (Å²) in [6.07, 6.45) is 7.03. The number of benzene rings is 3. The van der Waals surface area contributed by atoms with Crippen molar-refractivity contribution in [3.05, 3.63) is 100.0 Å². The second kappa shape index (κ2) is 12.5. The zero-order valence-electron chi connectivity index (χ0n) is 22.0. The van der Waals surface area contributed by atoms with Crippen LogP contribution in [0.4, 0.5) is 5.69 Å². The number of aryl methyl sites for hydroxylation is 1. The number of nitrogens with one attached hydrogen (secondary N) is 1. The van der Waals surface area contributed by atoms with Crippen LogP contribution in [0, 0.1) is 6.92 Å². The van der Waals surface area contributed by atoms with Crippen LogP contribution < -0.4 is 10.2 Å². The van der Waals surface area contributed by atoms with Gasteiger partial charge in [0.25, 0.3) is 11.8 Å². The van der Waals surface area contributed by atoms with Gasteiger partial charge in [0.2, 0.25) is 0 Å². The van der Waals surface area contributed by atoms with Gasteiger partial charge in [-0.25, -0.2) is 0 Å². The van der Waals surface area contributed by atoms with E-state index in [9.17, 15) is 9.59 Å². The summed E-state index contributed by atoms with van der Waals surface area (Å²) in [6.45, 7) is 6.22. The Bertz CT molecular complexity index is 1310. The topological polar surface area (TPSA) is 52.7 Å². The van der Waals surface area contributed by atoms with Gasteiger partial charge in [-0.2, -0.15) is 0 Å². The highest BCUT2D eigenvalue weighted by atomic mass is 32.2. The first-order valence-electron chi connectivity index (χ1n) is 13.5. The molecule has 0 atom stereocenters. The second-order valence-corrected chi connectivity index (χ2v) is 11.2. The fourth-order valence-corrected chi connectivity index (χ4v) is 6.13. The molecule has 0 unspecified atom stereocenters. The summed E-state index contributed by atoms with van der Waals surface area (Å²) in [5.41, 5.74) is 4.56. The molecule has 5 rings (SSSR count). The smallest absolute Gasteiger partial charge is 0.265 e. The minimum absolute atomic E-state index is 0.0495. The van der Waals surface area contributed by atoms with E-state index < -0.39 is 0 Å². The Morgan fingerprint density at radius 3 is 2.50 bits per heavy atom. The Kier molecular flexibility index (Phi) is 8.61. The monoisotopic (exact) mass is 525 g/mol. The molecule has 196 valence electrons. The molecule has 0 aromatic heterocycles. The van der Waals surface area contributed by atoms with Crippen LogP contribution in [-0.2, 0) is 11.3 Å². The third kappa shape index (κ3) is 6.55. The number of rotatable bonds is 7. The number of nitrogens with zero attached hydrogens (tertiary/aromatic N) is 2. The zero-order valence-corrected chi connectivity index (χ0v) is 22.8. The Morgan fingerprint density at radius 2 is 1.74 bits per heavy atom. The van der Waals surface area contributed by atoms with Crippen molar-refractivity contribution in [3.63, 3.8) is 0 Å². The number of anilines is 1. The summed E-state index contributed by atoms with van der Waals surface area (Å²) in [4.78, 5) is 32.8. The number of likely N-dealkylation sites (tertiary alicyclic amines) is 1. The van der Waals surface area contributed by atoms with Gasteiger partial charge in [-0.15, -0.1) is 0 Å². The molecular weight excluding hydrogens is 490 g/mol. The average molecular weight is 526 g/mol. The molecule has 0 aliphatic carbocycles. The Morgan fingerprint density at radius 1 is 0.947 bits per heavy atom. The lowest BCUT2D eigenvalue weighted by atomic mass is 10.1. The quantitative estimate of drug-likeness (QED) is 0.369. The summed E-state index contributed by atoms with van der Waals surface area (Å²) >= 11 is 1.47. The van der Waals surface area contributed by atoms with E-state index in [2.05, 4.69) is 29.3 Å². The lowest BCUT2D eigenvalue weighted by Gasteiger charge is -2.31. The van der Waals surface area contributed by atoms with E-state index in [1.165, 1.54) is 37.4 Å². The molecule has 1 N–H and O–H groups in total. The summed E-state index contributed by atoms with van der Waals surface area (Å²) in [6, 6.07) is 23.8. The maximum atomic E-state index is 13.8. The maximum absolute atomic E-state index is 13.8. The largest absolute Gasteiger partial charge is 0.351 e. The Balaban J connectivity index is 1.38. The fraction of sp³-hybridized carbons (Fsp3) is 0.312. The van der Waals surface area contributed by atoms with Gasteiger partial charge in [-0.05, 0) is 68.3 Å². The predicted molar refractivity (Wildman–Crippen MR) is 156 cm³/mol. The van der Waals surface area contributed by atoms with Crippen molar-refractivity contribution in [2.45, 2.75) is 44.0 Å². The SMILES string of the molecule is Cc1cccc(CN2C(=O)C(=Cc3ccccc3)Sc3ccc(C(=O)NCCN4CCCCCC4)cc32)c1. The Labute approximate surface area is 229 Å². The molecule has 0 saturated carbocycles. The van der Waals surface area contributed by atoms with Gasteiger partial charge in [-0.3, -0.25) is 9.59 Å². The molecule has 6 heteroatoms. The molecule has 1 fully saturated rings. The van der Waals surface area contributed by atoms with Crippen LogP contribution >= 0.6 is 11.8 Å². The van der Waals surface area contributed by atoms with Crippen LogP contribution in [0.1, 0.15) is 52.7 Å². The molecule has 5 nitrogen and oxygen atoms in total. The van der Waals surface area contributed by atoms with Gasteiger partial charge >= 0.3 is 0 Å². The molecule has 0 bridgehead atoms. The predicted octanol–water partition coefficient (Wildman–Crippen LogP) is 6.28. The Hall–Kier alpha value is -3.35. The van der Waals surface area contributed by atoms with Crippen molar-refractivity contribution < 1.29 is 9.59 Å². The highest BCUT2D eigenvalue weighted by Crippen LogP contribution is 2.43. The number of carbonyl (C=O) groups is 2. The normalized spacial score (nSPS) is 17.2. The van der Waals surface area contributed by atoms with Gasteiger partial charge in [-0.1, -0.05) is 84.8 Å². The molecule has 2 amide bonds. The molecule has 1 saturated heterocycles. The van der Waals surface area contributed by atoms with Crippen molar-refractivity contribution in [3.8, 4) is 0 Å². The van der Waals surface area contributed by atoms with Crippen molar-refractivity contribution in [2.75, 3.05) is 31.1 Å². The molecule has 0 spiro atoms. The molecule has 2 aliphatic heterocycles. The first-order valence-corrected chi connectivity index (χ1v) is 14.3. The highest BCUT2D eigenvalue weighted by molar-refractivity contribution is 8.04. The maximum Gasteiger partial charge on any atom is 0.265 e. The first-order chi connectivity index (χ1) is 18.6. The number of amides is 2. The van der Waals surface area contributed by atoms with Crippen LogP contribution in [-0.4, -0.2) is 42.9 Å². The summed E-state index contributed by atoms with van der Waals surface area (Å²) < 4.78 is 0. The molecule has 2 heterocycles. The van der Waals surface area contributed by atoms with E-state index in [4.69, 9.17) is 0 Å². The number of fused-ring (bicyclic) bond motifs is 1. The molecule has 3 aromatic carbocycles. The van der Waals surface area contributed by atoms with Crippen molar-refractivity contribution in [1.82, 2.24) is 10.2 Å². The minimum atomic E-state index is -0.0961.